The van der Waals surface area contributed by atoms with Crippen molar-refractivity contribution in [3.8, 4) is 23.2 Å². The third-order valence-corrected chi connectivity index (χ3v) is 9.70. The number of fused-ring (bicyclic) bond motifs is 1. The molecule has 1 aliphatic carbocycles. The van der Waals surface area contributed by atoms with Crippen molar-refractivity contribution in [1.82, 2.24) is 29.7 Å². The van der Waals surface area contributed by atoms with Crippen LogP contribution in [0, 0.1) is 11.8 Å². The van der Waals surface area contributed by atoms with E-state index in [9.17, 15) is 22.8 Å². The SMILES string of the molecule is CNc1ncc(C#Cc2cccc(CC(=O)Nc3ccc(CN4CCN(C5CC5)CC4)c(C(F)(F)F)c3)c2)c(-c2cc3c(n2C)CCNC3=O)n1. The molecule has 0 bridgehead atoms. The molecule has 1 saturated carbocycles. The number of carbonyl (C=O) groups excluding carboxylic acids is 2. The van der Waals surface area contributed by atoms with Gasteiger partial charge in [-0.1, -0.05) is 30.0 Å². The molecule has 264 valence electrons. The molecule has 2 fully saturated rings. The van der Waals surface area contributed by atoms with E-state index in [-0.39, 0.29) is 30.1 Å². The Bertz CT molecular complexity index is 2030. The Morgan fingerprint density at radius 1 is 1.06 bits per heavy atom. The normalized spacial score (nSPS) is 16.5. The van der Waals surface area contributed by atoms with Gasteiger partial charge in [-0.15, -0.1) is 0 Å². The summed E-state index contributed by atoms with van der Waals surface area (Å²) in [6.45, 7) is 4.01. The van der Waals surface area contributed by atoms with Crippen molar-refractivity contribution in [1.29, 1.82) is 0 Å². The number of rotatable bonds is 8. The van der Waals surface area contributed by atoms with Gasteiger partial charge in [0.15, 0.2) is 0 Å². The number of hydrogen-bond acceptors (Lipinski definition) is 7. The molecule has 1 saturated heterocycles. The van der Waals surface area contributed by atoms with Gasteiger partial charge in [-0.25, -0.2) is 9.97 Å². The van der Waals surface area contributed by atoms with Gasteiger partial charge in [0, 0.05) is 89.0 Å². The summed E-state index contributed by atoms with van der Waals surface area (Å²) in [4.78, 5) is 39.0. The summed E-state index contributed by atoms with van der Waals surface area (Å²) in [6.07, 6.45) is 0.163. The summed E-state index contributed by atoms with van der Waals surface area (Å²) in [5.74, 6) is 6.13. The largest absolute Gasteiger partial charge is 0.416 e. The Balaban J connectivity index is 1.05. The summed E-state index contributed by atoms with van der Waals surface area (Å²) in [5, 5.41) is 8.48. The van der Waals surface area contributed by atoms with Gasteiger partial charge in [0.25, 0.3) is 5.91 Å². The van der Waals surface area contributed by atoms with Gasteiger partial charge in [-0.2, -0.15) is 13.2 Å². The Labute approximate surface area is 294 Å². The first-order valence-corrected chi connectivity index (χ1v) is 17.1. The Morgan fingerprint density at radius 2 is 1.86 bits per heavy atom. The maximum Gasteiger partial charge on any atom is 0.416 e. The lowest BCUT2D eigenvalue weighted by Crippen LogP contribution is -2.46. The quantitative estimate of drug-likeness (QED) is 0.230. The standard InChI is InChI=1S/C38H39F3N8O2/c1-42-37-44-22-26(35(46-37)33-21-30-32(47(33)2)12-13-43-36(30)51)7-6-24-4-3-5-25(18-24)19-34(50)45-28-9-8-27(31(20-28)38(39,40)41)23-48-14-16-49(17-15-48)29-10-11-29/h3-5,8-9,18,20-22,29H,10-17,19,23H2,1-2H3,(H,43,51)(H,45,50)(H,42,44,46). The van der Waals surface area contributed by atoms with Gasteiger partial charge in [-0.05, 0) is 54.3 Å². The molecule has 3 N–H and O–H groups in total. The molecule has 2 aromatic carbocycles. The molecule has 2 aromatic heterocycles. The number of halogens is 3. The highest BCUT2D eigenvalue weighted by Gasteiger charge is 2.35. The van der Waals surface area contributed by atoms with Gasteiger partial charge in [-0.3, -0.25) is 19.4 Å². The van der Waals surface area contributed by atoms with E-state index in [1.807, 2.05) is 23.7 Å². The van der Waals surface area contributed by atoms with Crippen LogP contribution in [0.15, 0.2) is 54.7 Å². The second-order valence-corrected chi connectivity index (χ2v) is 13.2. The van der Waals surface area contributed by atoms with E-state index in [1.54, 1.807) is 37.5 Å². The lowest BCUT2D eigenvalue weighted by molar-refractivity contribution is -0.138. The lowest BCUT2D eigenvalue weighted by atomic mass is 10.0. The molecule has 10 nitrogen and oxygen atoms in total. The van der Waals surface area contributed by atoms with Gasteiger partial charge in [0.1, 0.15) is 5.69 Å². The minimum atomic E-state index is -4.55. The van der Waals surface area contributed by atoms with Crippen LogP contribution in [0.25, 0.3) is 11.4 Å². The molecule has 0 radical (unpaired) electrons. The topological polar surface area (TPSA) is 107 Å². The average Bonchev–Trinajstić information content (AvgIpc) is 3.91. The number of hydrogen-bond donors (Lipinski definition) is 3. The van der Waals surface area contributed by atoms with Crippen LogP contribution in [0.3, 0.4) is 0 Å². The van der Waals surface area contributed by atoms with Gasteiger partial charge < -0.3 is 20.5 Å². The molecule has 2 amide bonds. The maximum absolute atomic E-state index is 14.2. The van der Waals surface area contributed by atoms with Crippen LogP contribution in [0.4, 0.5) is 24.8 Å². The van der Waals surface area contributed by atoms with Crippen LogP contribution < -0.4 is 16.0 Å². The summed E-state index contributed by atoms with van der Waals surface area (Å²) in [6, 6.07) is 13.6. The smallest absolute Gasteiger partial charge is 0.357 e. The number of amides is 2. The molecular formula is C38H39F3N8O2. The number of benzene rings is 2. The minimum absolute atomic E-state index is 0.0495. The van der Waals surface area contributed by atoms with Crippen LogP contribution in [0.1, 0.15) is 56.7 Å². The summed E-state index contributed by atoms with van der Waals surface area (Å²) < 4.78 is 44.4. The van der Waals surface area contributed by atoms with Crippen molar-refractivity contribution < 1.29 is 22.8 Å². The van der Waals surface area contributed by atoms with E-state index in [0.717, 1.165) is 43.6 Å². The van der Waals surface area contributed by atoms with Crippen molar-refractivity contribution >= 4 is 23.5 Å². The number of carbonyl (C=O) groups is 2. The second kappa shape index (κ2) is 14.2. The van der Waals surface area contributed by atoms with E-state index < -0.39 is 17.6 Å². The maximum atomic E-state index is 14.2. The summed E-state index contributed by atoms with van der Waals surface area (Å²) in [5.41, 5.74) is 4.26. The van der Waals surface area contributed by atoms with Crippen LogP contribution in [-0.4, -0.2) is 82.0 Å². The minimum Gasteiger partial charge on any atom is -0.357 e. The number of nitrogens with zero attached hydrogens (tertiary/aromatic N) is 5. The van der Waals surface area contributed by atoms with Crippen molar-refractivity contribution in [2.45, 2.75) is 44.4 Å². The molecule has 0 spiro atoms. The van der Waals surface area contributed by atoms with Gasteiger partial charge >= 0.3 is 6.18 Å². The zero-order valence-electron chi connectivity index (χ0n) is 28.5. The molecule has 4 heterocycles. The van der Waals surface area contributed by atoms with Crippen LogP contribution in [-0.2, 0) is 37.4 Å². The first-order chi connectivity index (χ1) is 24.6. The Kier molecular flexibility index (Phi) is 9.54. The zero-order valence-corrected chi connectivity index (χ0v) is 28.5. The molecule has 13 heteroatoms. The molecule has 3 aliphatic rings. The van der Waals surface area contributed by atoms with Crippen molar-refractivity contribution in [2.75, 3.05) is 50.4 Å². The van der Waals surface area contributed by atoms with Crippen molar-refractivity contribution in [2.24, 2.45) is 7.05 Å². The van der Waals surface area contributed by atoms with Crippen molar-refractivity contribution in [3.63, 3.8) is 0 Å². The van der Waals surface area contributed by atoms with Crippen LogP contribution >= 0.6 is 0 Å². The Morgan fingerprint density at radius 3 is 2.59 bits per heavy atom. The van der Waals surface area contributed by atoms with Gasteiger partial charge in [0.2, 0.25) is 11.9 Å². The number of nitrogens with one attached hydrogen (secondary N) is 3. The first-order valence-electron chi connectivity index (χ1n) is 17.1. The highest BCUT2D eigenvalue weighted by Crippen LogP contribution is 2.35. The average molecular weight is 697 g/mol. The summed E-state index contributed by atoms with van der Waals surface area (Å²) >= 11 is 0. The predicted octanol–water partition coefficient (Wildman–Crippen LogP) is 4.69. The fourth-order valence-corrected chi connectivity index (χ4v) is 6.86. The van der Waals surface area contributed by atoms with E-state index in [2.05, 4.69) is 47.6 Å². The fourth-order valence-electron chi connectivity index (χ4n) is 6.86. The lowest BCUT2D eigenvalue weighted by Gasteiger charge is -2.35. The summed E-state index contributed by atoms with van der Waals surface area (Å²) in [7, 11) is 3.62. The highest BCUT2D eigenvalue weighted by molar-refractivity contribution is 5.98. The van der Waals surface area contributed by atoms with Crippen LogP contribution in [0.2, 0.25) is 0 Å². The van der Waals surface area contributed by atoms with Gasteiger partial charge in [0.05, 0.1) is 28.8 Å². The Hall–Kier alpha value is -5.19. The monoisotopic (exact) mass is 696 g/mol. The van der Waals surface area contributed by atoms with E-state index in [0.29, 0.717) is 52.9 Å². The van der Waals surface area contributed by atoms with Crippen LogP contribution in [0.5, 0.6) is 0 Å². The zero-order chi connectivity index (χ0) is 35.7. The van der Waals surface area contributed by atoms with E-state index >= 15 is 0 Å². The van der Waals surface area contributed by atoms with E-state index in [1.165, 1.54) is 18.9 Å². The number of aromatic nitrogens is 3. The van der Waals surface area contributed by atoms with Crippen molar-refractivity contribution in [3.05, 3.63) is 93.8 Å². The molecular weight excluding hydrogens is 657 g/mol. The molecule has 51 heavy (non-hydrogen) atoms. The third kappa shape index (κ3) is 7.77. The third-order valence-electron chi connectivity index (χ3n) is 9.70. The predicted molar refractivity (Wildman–Crippen MR) is 188 cm³/mol. The molecule has 7 rings (SSSR count). The molecule has 0 unspecified atom stereocenters. The highest BCUT2D eigenvalue weighted by atomic mass is 19.4. The number of anilines is 2. The molecule has 4 aromatic rings. The van der Waals surface area contributed by atoms with E-state index in [4.69, 9.17) is 0 Å². The molecule has 2 aliphatic heterocycles. The molecule has 0 atom stereocenters. The first kappa shape index (κ1) is 34.3. The second-order valence-electron chi connectivity index (χ2n) is 13.2. The number of piperazine rings is 1. The number of alkyl halides is 3. The fraction of sp³-hybridized carbons (Fsp3) is 0.368.